The molecule has 9 rings (SSSR count). The van der Waals surface area contributed by atoms with Gasteiger partial charge in [-0.1, -0.05) is 43.7 Å². The lowest BCUT2D eigenvalue weighted by molar-refractivity contribution is -0.384. The number of aromatic nitrogens is 2. The van der Waals surface area contributed by atoms with E-state index < -0.39 is 60.6 Å². The zero-order chi connectivity index (χ0) is 55.3. The number of anilines is 2. The number of fused-ring (bicyclic) bond motifs is 1. The normalized spacial score (nSPS) is 19.8. The number of aliphatic hydroxyl groups is 2. The van der Waals surface area contributed by atoms with E-state index in [0.717, 1.165) is 66.1 Å². The molecule has 0 spiro atoms. The van der Waals surface area contributed by atoms with E-state index in [4.69, 9.17) is 4.74 Å². The summed E-state index contributed by atoms with van der Waals surface area (Å²) in [5, 5.41) is 38.0. The number of nitrogens with one attached hydrogen (secondary N) is 3. The van der Waals surface area contributed by atoms with Gasteiger partial charge in [0, 0.05) is 79.1 Å². The van der Waals surface area contributed by atoms with Crippen LogP contribution in [-0.4, -0.2) is 102 Å². The Morgan fingerprint density at radius 2 is 1.62 bits per heavy atom. The topological polar surface area (TPSA) is 203 Å². The molecule has 1 saturated heterocycles. The third-order valence-electron chi connectivity index (χ3n) is 15.0. The molecule has 4 heterocycles. The number of sulfonamides is 1. The monoisotopic (exact) mass is 1110 g/mol. The van der Waals surface area contributed by atoms with Gasteiger partial charge >= 0.3 is 12.4 Å². The Balaban J connectivity index is 0.907. The Labute approximate surface area is 444 Å². The maximum absolute atomic E-state index is 14.0. The number of rotatable bonds is 15. The lowest BCUT2D eigenvalue weighted by atomic mass is 9.73. The molecule has 0 radical (unpaired) electrons. The minimum atomic E-state index is -5.99. The van der Waals surface area contributed by atoms with Gasteiger partial charge in [-0.3, -0.25) is 19.8 Å². The van der Waals surface area contributed by atoms with Crippen molar-refractivity contribution >= 4 is 60.9 Å². The molecular formula is C54H57F6N7O8S2. The number of carbonyl (C=O) groups is 1. The highest BCUT2D eigenvalue weighted by Crippen LogP contribution is 2.51. The average molecular weight is 1110 g/mol. The predicted octanol–water partition coefficient (Wildman–Crippen LogP) is 11.6. The first-order valence-electron chi connectivity index (χ1n) is 25.0. The largest absolute Gasteiger partial charge is 0.455 e. The summed E-state index contributed by atoms with van der Waals surface area (Å²) < 4.78 is 117. The van der Waals surface area contributed by atoms with Crippen molar-refractivity contribution in [3.63, 3.8) is 0 Å². The van der Waals surface area contributed by atoms with Crippen molar-refractivity contribution in [1.82, 2.24) is 19.6 Å². The number of pyridine rings is 1. The Morgan fingerprint density at radius 3 is 2.30 bits per heavy atom. The van der Waals surface area contributed by atoms with Gasteiger partial charge < -0.3 is 30.2 Å². The molecule has 5 N–H and O–H groups in total. The van der Waals surface area contributed by atoms with Crippen molar-refractivity contribution < 1.29 is 59.4 Å². The van der Waals surface area contributed by atoms with Crippen LogP contribution >= 0.6 is 11.3 Å². The summed E-state index contributed by atoms with van der Waals surface area (Å²) in [6, 6.07) is 17.2. The first-order chi connectivity index (χ1) is 36.2. The number of hydrogen-bond acceptors (Lipinski definition) is 13. The smallest absolute Gasteiger partial charge is 0.430 e. The van der Waals surface area contributed by atoms with Crippen LogP contribution < -0.4 is 19.7 Å². The third-order valence-corrected chi connectivity index (χ3v) is 17.3. The SMILES string of the molecule is CC1(C)CCC(CN2CCN(c3ccc(C(=O)NS(=O)(=O)c4ccc(NC[C@H]5CC[C@](C)(O)CC5)c([N+](=O)[O-])c4)c(Oc4cnc5[nH]ccc5c4)c3)CC2)=C(c2cc(-c3ccc(C(O)(C(F)(F)F)C(F)(F)F)cc3)cs2)C1. The Bertz CT molecular complexity index is 3310. The molecule has 3 aliphatic rings. The van der Waals surface area contributed by atoms with E-state index in [1.165, 1.54) is 41.3 Å². The fourth-order valence-corrected chi connectivity index (χ4v) is 12.3. The number of piperazine rings is 1. The standard InChI is InChI=1S/C54H57F6N7O8S2/c1-50(2)16-14-36(43(28-50)47-25-37(32-76-47)34-4-6-38(7-5-34)52(70,53(55,56)57)54(58,59)60)31-65-20-22-66(23-21-65)39-8-10-42(46(26-39)75-40-24-35-15-19-61-48(35)63-30-40)49(68)64-77(73,74)41-9-11-44(45(27-41)67(71)72)62-29-33-12-17-51(3,69)18-13-33/h4-11,15,19,24-27,30,32-33,62,69-70H,12-14,16-18,20-23,28-29,31H2,1-3H3,(H,61,63)(H,64,68)/t33-,51-. The number of hydrogen-bond donors (Lipinski definition) is 5. The molecule has 410 valence electrons. The lowest BCUT2D eigenvalue weighted by Gasteiger charge is -2.39. The molecule has 0 unspecified atom stereocenters. The first kappa shape index (κ1) is 55.2. The number of nitrogens with zero attached hydrogens (tertiary/aromatic N) is 4. The summed E-state index contributed by atoms with van der Waals surface area (Å²) in [4.78, 5) is 37.8. The highest BCUT2D eigenvalue weighted by molar-refractivity contribution is 7.90. The van der Waals surface area contributed by atoms with E-state index >= 15 is 0 Å². The van der Waals surface area contributed by atoms with Crippen LogP contribution in [0.25, 0.3) is 27.7 Å². The minimum Gasteiger partial charge on any atom is -0.455 e. The van der Waals surface area contributed by atoms with Gasteiger partial charge in [-0.15, -0.1) is 11.3 Å². The van der Waals surface area contributed by atoms with Gasteiger partial charge in [0.15, 0.2) is 0 Å². The number of amides is 1. The number of nitro benzene ring substituents is 1. The predicted molar refractivity (Wildman–Crippen MR) is 280 cm³/mol. The van der Waals surface area contributed by atoms with E-state index in [2.05, 4.69) is 43.7 Å². The van der Waals surface area contributed by atoms with Gasteiger partial charge in [0.05, 0.1) is 27.2 Å². The molecule has 77 heavy (non-hydrogen) atoms. The van der Waals surface area contributed by atoms with Crippen LogP contribution in [0.1, 0.15) is 86.5 Å². The fourth-order valence-electron chi connectivity index (χ4n) is 10.3. The number of benzene rings is 3. The van der Waals surface area contributed by atoms with E-state index in [-0.39, 0.29) is 34.1 Å². The summed E-state index contributed by atoms with van der Waals surface area (Å²) in [6.45, 7) is 9.58. The third kappa shape index (κ3) is 12.0. The van der Waals surface area contributed by atoms with E-state index in [9.17, 15) is 59.9 Å². The molecule has 1 aliphatic heterocycles. The van der Waals surface area contributed by atoms with Gasteiger partial charge in [-0.05, 0) is 128 Å². The average Bonchev–Trinajstić information content (AvgIpc) is 4.06. The van der Waals surface area contributed by atoms with E-state index in [1.54, 1.807) is 37.4 Å². The van der Waals surface area contributed by atoms with Crippen LogP contribution in [0.15, 0.2) is 107 Å². The van der Waals surface area contributed by atoms with Crippen molar-refractivity contribution in [3.05, 3.63) is 128 Å². The number of H-pyrrole nitrogens is 1. The summed E-state index contributed by atoms with van der Waals surface area (Å²) >= 11 is 1.44. The van der Waals surface area contributed by atoms with Crippen molar-refractivity contribution in [2.45, 2.75) is 94.2 Å². The maximum atomic E-state index is 14.0. The zero-order valence-corrected chi connectivity index (χ0v) is 43.9. The van der Waals surface area contributed by atoms with Gasteiger partial charge in [-0.2, -0.15) is 26.3 Å². The Kier molecular flexibility index (Phi) is 15.1. The first-order valence-corrected chi connectivity index (χ1v) is 27.4. The summed E-state index contributed by atoms with van der Waals surface area (Å²) in [7, 11) is -4.66. The molecule has 3 aromatic carbocycles. The van der Waals surface area contributed by atoms with Crippen LogP contribution in [0.5, 0.6) is 11.5 Å². The molecule has 15 nitrogen and oxygen atoms in total. The molecule has 2 fully saturated rings. The fraction of sp³-hybridized carbons (Fsp3) is 0.407. The number of halogens is 6. The Hall–Kier alpha value is -6.53. The minimum absolute atomic E-state index is 0.0269. The summed E-state index contributed by atoms with van der Waals surface area (Å²) in [5.74, 6) is -0.592. The molecule has 23 heteroatoms. The number of allylic oxidation sites excluding steroid dienone is 1. The second-order valence-corrected chi connectivity index (χ2v) is 23.8. The van der Waals surface area contributed by atoms with Crippen molar-refractivity contribution in [3.8, 4) is 22.6 Å². The lowest BCUT2D eigenvalue weighted by Crippen LogP contribution is -2.53. The molecule has 2 aliphatic carbocycles. The number of ether oxygens (including phenoxy) is 1. The molecular weight excluding hydrogens is 1050 g/mol. The second-order valence-electron chi connectivity index (χ2n) is 21.2. The van der Waals surface area contributed by atoms with Crippen LogP contribution in [0.4, 0.5) is 43.4 Å². The highest BCUT2D eigenvalue weighted by atomic mass is 32.2. The number of nitro groups is 1. The van der Waals surface area contributed by atoms with Gasteiger partial charge in [-0.25, -0.2) is 18.1 Å². The zero-order valence-electron chi connectivity index (χ0n) is 42.2. The molecule has 0 bridgehead atoms. The molecule has 1 saturated carbocycles. The second kappa shape index (κ2) is 21.0. The highest BCUT2D eigenvalue weighted by Gasteiger charge is 2.71. The van der Waals surface area contributed by atoms with Crippen molar-refractivity contribution in [2.24, 2.45) is 11.3 Å². The van der Waals surface area contributed by atoms with Crippen molar-refractivity contribution in [1.29, 1.82) is 0 Å². The van der Waals surface area contributed by atoms with Gasteiger partial charge in [0.1, 0.15) is 22.8 Å². The van der Waals surface area contributed by atoms with Gasteiger partial charge in [0.25, 0.3) is 27.2 Å². The maximum Gasteiger partial charge on any atom is 0.430 e. The molecule has 3 aromatic heterocycles. The van der Waals surface area contributed by atoms with Crippen LogP contribution in [0.2, 0.25) is 0 Å². The number of aromatic amines is 1. The van der Waals surface area contributed by atoms with Crippen LogP contribution in [0.3, 0.4) is 0 Å². The molecule has 0 atom stereocenters. The number of alkyl halides is 6. The number of carbonyl (C=O) groups excluding carboxylic acids is 1. The Morgan fingerprint density at radius 1 is 0.922 bits per heavy atom. The summed E-state index contributed by atoms with van der Waals surface area (Å²) in [5.41, 5.74) is -2.97. The van der Waals surface area contributed by atoms with Gasteiger partial charge in [0.2, 0.25) is 0 Å². The molecule has 6 aromatic rings. The van der Waals surface area contributed by atoms with E-state index in [1.807, 2.05) is 11.4 Å². The van der Waals surface area contributed by atoms with Crippen molar-refractivity contribution in [2.75, 3.05) is 49.5 Å². The quantitative estimate of drug-likeness (QED) is 0.0370. The number of thiophene rings is 1. The summed E-state index contributed by atoms with van der Waals surface area (Å²) in [6.07, 6.45) is -3.69. The van der Waals surface area contributed by atoms with E-state index in [0.29, 0.717) is 86.7 Å². The van der Waals surface area contributed by atoms with Crippen LogP contribution in [-0.2, 0) is 15.6 Å². The molecule has 1 amide bonds. The van der Waals surface area contributed by atoms with Crippen LogP contribution in [0, 0.1) is 21.4 Å².